The minimum Gasteiger partial charge on any atom is -0.394 e. The molecule has 11 nitrogen and oxygen atoms in total. The van der Waals surface area contributed by atoms with Crippen LogP contribution in [0.4, 0.5) is 0 Å². The molecule has 0 aromatic carbocycles. The third-order valence-electron chi connectivity index (χ3n) is 13.1. The summed E-state index contributed by atoms with van der Waals surface area (Å²) in [6.45, 7) is 3.46. The highest BCUT2D eigenvalue weighted by molar-refractivity contribution is 5.80. The first kappa shape index (κ1) is 59.9. The van der Waals surface area contributed by atoms with Crippen LogP contribution >= 0.6 is 0 Å². The van der Waals surface area contributed by atoms with Gasteiger partial charge in [-0.3, -0.25) is 4.79 Å². The van der Waals surface area contributed by atoms with Crippen molar-refractivity contribution < 1.29 is 50.0 Å². The average molecular weight is 900 g/mol. The van der Waals surface area contributed by atoms with Crippen LogP contribution in [0, 0.1) is 0 Å². The van der Waals surface area contributed by atoms with Crippen LogP contribution in [0.2, 0.25) is 0 Å². The summed E-state index contributed by atoms with van der Waals surface area (Å²) in [5.41, 5.74) is 0. The van der Waals surface area contributed by atoms with E-state index in [4.69, 9.17) is 9.47 Å². The summed E-state index contributed by atoms with van der Waals surface area (Å²) in [4.78, 5) is 13.1. The van der Waals surface area contributed by atoms with Crippen molar-refractivity contribution >= 4 is 5.91 Å². The molecule has 0 spiro atoms. The van der Waals surface area contributed by atoms with Gasteiger partial charge in [-0.2, -0.15) is 0 Å². The van der Waals surface area contributed by atoms with E-state index in [1.54, 1.807) is 0 Å². The van der Waals surface area contributed by atoms with Gasteiger partial charge in [-0.25, -0.2) is 0 Å². The molecule has 1 fully saturated rings. The van der Waals surface area contributed by atoms with Gasteiger partial charge in [-0.05, 0) is 38.5 Å². The molecule has 11 heteroatoms. The molecule has 374 valence electrons. The maximum absolute atomic E-state index is 13.1. The molecular weight excluding hydrogens is 799 g/mol. The molecule has 1 aliphatic rings. The molecule has 1 rings (SSSR count). The monoisotopic (exact) mass is 900 g/mol. The van der Waals surface area contributed by atoms with E-state index in [1.807, 2.05) is 0 Å². The van der Waals surface area contributed by atoms with Crippen molar-refractivity contribution in [3.63, 3.8) is 0 Å². The van der Waals surface area contributed by atoms with Gasteiger partial charge in [0, 0.05) is 0 Å². The molecule has 9 unspecified atom stereocenters. The van der Waals surface area contributed by atoms with Crippen LogP contribution < -0.4 is 5.32 Å². The third-order valence-corrected chi connectivity index (χ3v) is 13.1. The summed E-state index contributed by atoms with van der Waals surface area (Å²) in [6.07, 6.45) is 35.5. The largest absolute Gasteiger partial charge is 0.394 e. The number of hydrogen-bond donors (Lipinski definition) is 8. The van der Waals surface area contributed by atoms with E-state index in [-0.39, 0.29) is 6.42 Å². The summed E-state index contributed by atoms with van der Waals surface area (Å²) >= 11 is 0. The first-order valence-corrected chi connectivity index (χ1v) is 26.6. The minimum absolute atomic E-state index is 0.258. The molecule has 0 bridgehead atoms. The van der Waals surface area contributed by atoms with Crippen molar-refractivity contribution in [2.24, 2.45) is 0 Å². The van der Waals surface area contributed by atoms with Crippen LogP contribution in [-0.4, -0.2) is 110 Å². The zero-order valence-corrected chi connectivity index (χ0v) is 40.6. The fourth-order valence-corrected chi connectivity index (χ4v) is 8.67. The predicted molar refractivity (Wildman–Crippen MR) is 256 cm³/mol. The van der Waals surface area contributed by atoms with Gasteiger partial charge in [0.05, 0.1) is 25.4 Å². The Labute approximate surface area is 385 Å². The number of rotatable bonds is 45. The van der Waals surface area contributed by atoms with Crippen molar-refractivity contribution in [1.82, 2.24) is 5.32 Å². The lowest BCUT2D eigenvalue weighted by molar-refractivity contribution is -0.303. The first-order chi connectivity index (χ1) is 30.7. The maximum Gasteiger partial charge on any atom is 0.249 e. The van der Waals surface area contributed by atoms with Crippen LogP contribution in [0.5, 0.6) is 0 Å². The molecule has 1 heterocycles. The van der Waals surface area contributed by atoms with Crippen molar-refractivity contribution in [2.75, 3.05) is 13.2 Å². The van der Waals surface area contributed by atoms with Gasteiger partial charge in [0.25, 0.3) is 0 Å². The van der Waals surface area contributed by atoms with E-state index in [2.05, 4.69) is 31.3 Å². The molecule has 0 aromatic heterocycles. The summed E-state index contributed by atoms with van der Waals surface area (Å²) in [5.74, 6) is -0.698. The van der Waals surface area contributed by atoms with Crippen molar-refractivity contribution in [3.05, 3.63) is 12.2 Å². The number of aliphatic hydroxyl groups is 7. The number of hydrogen-bond acceptors (Lipinski definition) is 10. The van der Waals surface area contributed by atoms with E-state index >= 15 is 0 Å². The van der Waals surface area contributed by atoms with Crippen molar-refractivity contribution in [2.45, 2.75) is 300 Å². The van der Waals surface area contributed by atoms with Gasteiger partial charge in [-0.15, -0.1) is 0 Å². The summed E-state index contributed by atoms with van der Waals surface area (Å²) in [7, 11) is 0. The molecule has 9 atom stereocenters. The lowest BCUT2D eigenvalue weighted by atomic mass is 9.98. The first-order valence-electron chi connectivity index (χ1n) is 26.6. The van der Waals surface area contributed by atoms with Crippen LogP contribution in [-0.2, 0) is 14.3 Å². The number of allylic oxidation sites excluding steroid dienone is 2. The highest BCUT2D eigenvalue weighted by Crippen LogP contribution is 2.23. The molecule has 0 radical (unpaired) electrons. The number of carbonyl (C=O) groups is 1. The highest BCUT2D eigenvalue weighted by atomic mass is 16.7. The second-order valence-electron chi connectivity index (χ2n) is 19.0. The van der Waals surface area contributed by atoms with Crippen LogP contribution in [0.3, 0.4) is 0 Å². The SMILES string of the molecule is CCCCCCCCCCCCCC/C=C\CCCCCCCCCC(O)C(=O)NC(COC1OC(CO)C(O)C(O)C1O)C(O)C(O)CCCCCCCCCCCCCCC. The lowest BCUT2D eigenvalue weighted by Gasteiger charge is -2.40. The Morgan fingerprint density at radius 3 is 1.33 bits per heavy atom. The molecule has 1 amide bonds. The molecule has 8 N–H and O–H groups in total. The van der Waals surface area contributed by atoms with Gasteiger partial charge in [0.15, 0.2) is 6.29 Å². The van der Waals surface area contributed by atoms with E-state index in [0.29, 0.717) is 19.3 Å². The predicted octanol–water partition coefficient (Wildman–Crippen LogP) is 10.0. The minimum atomic E-state index is -1.66. The zero-order valence-electron chi connectivity index (χ0n) is 40.6. The second-order valence-corrected chi connectivity index (χ2v) is 19.0. The third kappa shape index (κ3) is 31.5. The second kappa shape index (κ2) is 42.2. The van der Waals surface area contributed by atoms with Gasteiger partial charge < -0.3 is 50.5 Å². The highest BCUT2D eigenvalue weighted by Gasteiger charge is 2.44. The van der Waals surface area contributed by atoms with Gasteiger partial charge in [-0.1, -0.05) is 219 Å². The summed E-state index contributed by atoms with van der Waals surface area (Å²) in [5, 5.41) is 75.9. The number of nitrogens with one attached hydrogen (secondary N) is 1. The Hall–Kier alpha value is -1.15. The summed E-state index contributed by atoms with van der Waals surface area (Å²) in [6, 6.07) is -1.17. The lowest BCUT2D eigenvalue weighted by Crippen LogP contribution is -2.60. The number of amides is 1. The Balaban J connectivity index is 2.33. The standard InChI is InChI=1S/C52H101NO10/c1-3-5-7-9-11-13-15-17-18-19-20-21-22-23-24-25-26-28-30-32-34-36-38-40-45(56)51(61)53-43(42-62-52-50(60)49(59)48(58)46(41-54)63-52)47(57)44(55)39-37-35-33-31-29-27-16-14-12-10-8-6-4-2/h23-24,43-50,52,54-60H,3-22,25-42H2,1-2H3,(H,53,61)/b24-23-. The molecule has 0 aliphatic carbocycles. The fourth-order valence-electron chi connectivity index (χ4n) is 8.67. The fraction of sp³-hybridized carbons (Fsp3) is 0.942. The van der Waals surface area contributed by atoms with E-state index in [9.17, 15) is 40.5 Å². The van der Waals surface area contributed by atoms with Gasteiger partial charge >= 0.3 is 0 Å². The quantitative estimate of drug-likeness (QED) is 0.0216. The maximum atomic E-state index is 13.1. The van der Waals surface area contributed by atoms with Gasteiger partial charge in [0.2, 0.25) is 5.91 Å². The van der Waals surface area contributed by atoms with Crippen LogP contribution in [0.25, 0.3) is 0 Å². The molecular formula is C52H101NO10. The average Bonchev–Trinajstić information content (AvgIpc) is 3.28. The Kier molecular flexibility index (Phi) is 40.1. The number of carbonyl (C=O) groups excluding carboxylic acids is 1. The topological polar surface area (TPSA) is 189 Å². The molecule has 1 saturated heterocycles. The molecule has 63 heavy (non-hydrogen) atoms. The Morgan fingerprint density at radius 2 is 0.921 bits per heavy atom. The van der Waals surface area contributed by atoms with Crippen molar-refractivity contribution in [1.29, 1.82) is 0 Å². The Bertz CT molecular complexity index is 1030. The normalized spacial score (nSPS) is 21.2. The van der Waals surface area contributed by atoms with Crippen LogP contribution in [0.15, 0.2) is 12.2 Å². The van der Waals surface area contributed by atoms with E-state index < -0.39 is 74.2 Å². The number of aliphatic hydroxyl groups excluding tert-OH is 7. The molecule has 0 saturated carbocycles. The van der Waals surface area contributed by atoms with Crippen LogP contribution in [0.1, 0.15) is 245 Å². The molecule has 0 aromatic rings. The van der Waals surface area contributed by atoms with Gasteiger partial charge in [0.1, 0.15) is 36.6 Å². The van der Waals surface area contributed by atoms with E-state index in [1.165, 1.54) is 161 Å². The van der Waals surface area contributed by atoms with E-state index in [0.717, 1.165) is 44.9 Å². The number of unbranched alkanes of at least 4 members (excludes halogenated alkanes) is 31. The van der Waals surface area contributed by atoms with Crippen molar-refractivity contribution in [3.8, 4) is 0 Å². The number of ether oxygens (including phenoxy) is 2. The Morgan fingerprint density at radius 1 is 0.540 bits per heavy atom. The zero-order chi connectivity index (χ0) is 46.2. The smallest absolute Gasteiger partial charge is 0.249 e. The molecule has 1 aliphatic heterocycles. The summed E-state index contributed by atoms with van der Waals surface area (Å²) < 4.78 is 11.1.